The second-order valence-corrected chi connectivity index (χ2v) is 8.39. The lowest BCUT2D eigenvalue weighted by molar-refractivity contribution is 0.526. The van der Waals surface area contributed by atoms with E-state index in [9.17, 15) is 0 Å². The number of nitrogens with two attached hydrogens (primary N) is 1. The molecule has 0 atom stereocenters. The van der Waals surface area contributed by atoms with Gasteiger partial charge in [0.1, 0.15) is 5.82 Å². The first-order valence-corrected chi connectivity index (χ1v) is 11.5. The van der Waals surface area contributed by atoms with Gasteiger partial charge < -0.3 is 16.4 Å². The number of rotatable bonds is 11. The van der Waals surface area contributed by atoms with Crippen LogP contribution in [0.4, 0.5) is 0 Å². The van der Waals surface area contributed by atoms with E-state index in [1.54, 1.807) is 6.08 Å². The minimum atomic E-state index is 0.601. The largest absolute Gasteiger partial charge is 0.397 e. The zero-order valence-corrected chi connectivity index (χ0v) is 22.2. The molecule has 1 heterocycles. The first-order valence-electron chi connectivity index (χ1n) is 11.5. The standard InChI is InChI=1S/C29H37N5.C2H2/c1-11-13-25(17-32-29-22(8)21(7)28(29)30)14-19(5)16-31-23(9)26-15-27(18(3)4)34(20(6)12-2)24(10)33-26;1-2/h11-15,31-32H,1,3,7-10,16-17,30H2,2,4-6H3;1-2H/b19-14+,20-12-,25-13+;. The maximum atomic E-state index is 5.99. The van der Waals surface area contributed by atoms with Crippen LogP contribution < -0.4 is 16.4 Å². The second kappa shape index (κ2) is 13.5. The van der Waals surface area contributed by atoms with Gasteiger partial charge in [-0.2, -0.15) is 0 Å². The molecule has 0 spiro atoms. The van der Waals surface area contributed by atoms with E-state index in [1.165, 1.54) is 0 Å². The summed E-state index contributed by atoms with van der Waals surface area (Å²) in [6.07, 6.45) is 17.9. The smallest absolute Gasteiger partial charge is 0.130 e. The molecule has 5 nitrogen and oxygen atoms in total. The van der Waals surface area contributed by atoms with Gasteiger partial charge in [0.25, 0.3) is 0 Å². The number of hydrogen-bond acceptors (Lipinski definition) is 5. The Hall–Kier alpha value is -4.43. The molecule has 0 bridgehead atoms. The lowest BCUT2D eigenvalue weighted by atomic mass is 9.90. The van der Waals surface area contributed by atoms with Crippen LogP contribution in [-0.4, -0.2) is 23.7 Å². The average Bonchev–Trinajstić information content (AvgIpc) is 2.87. The van der Waals surface area contributed by atoms with Crippen LogP contribution >= 0.6 is 0 Å². The van der Waals surface area contributed by atoms with Crippen molar-refractivity contribution in [3.63, 3.8) is 0 Å². The minimum Gasteiger partial charge on any atom is -0.397 e. The van der Waals surface area contributed by atoms with E-state index in [1.807, 2.05) is 43.9 Å². The fourth-order valence-corrected chi connectivity index (χ4v) is 3.52. The Balaban J connectivity index is 0.00000316. The highest BCUT2D eigenvalue weighted by Crippen LogP contribution is 2.32. The molecule has 0 unspecified atom stereocenters. The van der Waals surface area contributed by atoms with E-state index in [4.69, 9.17) is 5.73 Å². The molecule has 1 aliphatic heterocycles. The maximum Gasteiger partial charge on any atom is 0.130 e. The van der Waals surface area contributed by atoms with Gasteiger partial charge in [0.05, 0.1) is 28.5 Å². The van der Waals surface area contributed by atoms with Gasteiger partial charge in [-0.3, -0.25) is 4.90 Å². The van der Waals surface area contributed by atoms with Gasteiger partial charge in [0.2, 0.25) is 0 Å². The number of aliphatic imine (C=N–C) groups is 1. The van der Waals surface area contributed by atoms with E-state index in [0.717, 1.165) is 56.4 Å². The fourth-order valence-electron chi connectivity index (χ4n) is 3.52. The fraction of sp³-hybridized carbons (Fsp3) is 0.194. The predicted octanol–water partition coefficient (Wildman–Crippen LogP) is 5.90. The molecule has 0 fully saturated rings. The van der Waals surface area contributed by atoms with E-state index < -0.39 is 0 Å². The summed E-state index contributed by atoms with van der Waals surface area (Å²) in [6.45, 7) is 33.4. The van der Waals surface area contributed by atoms with Crippen LogP contribution in [0.1, 0.15) is 27.7 Å². The predicted molar refractivity (Wildman–Crippen MR) is 157 cm³/mol. The number of terminal acetylenes is 1. The number of allylic oxidation sites excluding steroid dienone is 8. The number of hydrogen-bond donors (Lipinski definition) is 3. The molecule has 36 heavy (non-hydrogen) atoms. The average molecular weight is 482 g/mol. The lowest BCUT2D eigenvalue weighted by Crippen LogP contribution is -2.30. The third-order valence-electron chi connectivity index (χ3n) is 5.61. The first kappa shape index (κ1) is 29.6. The number of nitrogens with zero attached hydrogens (tertiary/aromatic N) is 2. The zero-order chi connectivity index (χ0) is 27.6. The highest BCUT2D eigenvalue weighted by atomic mass is 15.2. The van der Waals surface area contributed by atoms with Crippen molar-refractivity contribution in [1.82, 2.24) is 15.5 Å². The Morgan fingerprint density at radius 2 is 1.75 bits per heavy atom. The summed E-state index contributed by atoms with van der Waals surface area (Å²) in [6, 6.07) is 0. The van der Waals surface area contributed by atoms with Gasteiger partial charge in [0, 0.05) is 29.9 Å². The molecule has 5 heteroatoms. The van der Waals surface area contributed by atoms with Crippen LogP contribution in [0.15, 0.2) is 137 Å². The van der Waals surface area contributed by atoms with Crippen molar-refractivity contribution in [3.05, 3.63) is 132 Å². The third-order valence-corrected chi connectivity index (χ3v) is 5.61. The van der Waals surface area contributed by atoms with Crippen molar-refractivity contribution in [2.75, 3.05) is 13.1 Å². The summed E-state index contributed by atoms with van der Waals surface area (Å²) in [5.41, 5.74) is 15.8. The Morgan fingerprint density at radius 1 is 1.11 bits per heavy atom. The van der Waals surface area contributed by atoms with Gasteiger partial charge in [-0.15, -0.1) is 12.8 Å². The molecule has 2 rings (SSSR count). The molecule has 0 radical (unpaired) electrons. The highest BCUT2D eigenvalue weighted by Gasteiger charge is 2.23. The third kappa shape index (κ3) is 7.04. The molecule has 2 aliphatic rings. The summed E-state index contributed by atoms with van der Waals surface area (Å²) >= 11 is 0. The van der Waals surface area contributed by atoms with E-state index in [-0.39, 0.29) is 0 Å². The van der Waals surface area contributed by atoms with Crippen LogP contribution in [0.2, 0.25) is 0 Å². The van der Waals surface area contributed by atoms with Crippen molar-refractivity contribution >= 4 is 5.71 Å². The summed E-state index contributed by atoms with van der Waals surface area (Å²) in [5.74, 6) is 0.637. The highest BCUT2D eigenvalue weighted by molar-refractivity contribution is 6.09. The second-order valence-electron chi connectivity index (χ2n) is 8.39. The molecule has 188 valence electrons. The Morgan fingerprint density at radius 3 is 2.28 bits per heavy atom. The SMILES string of the molecule is C#C.C=C/C=C(\C=C(/C)CNC(=C)C1=NC(=C)N(/C(C)=C\C)C(C(=C)C)=C1)CNC1=C(N)C(=C)C1=C. The monoisotopic (exact) mass is 481 g/mol. The normalized spacial score (nSPS) is 16.3. The minimum absolute atomic E-state index is 0.601. The van der Waals surface area contributed by atoms with Crippen molar-refractivity contribution in [2.45, 2.75) is 27.7 Å². The molecule has 0 aromatic rings. The quantitative estimate of drug-likeness (QED) is 0.254. The first-order chi connectivity index (χ1) is 17.0. The summed E-state index contributed by atoms with van der Waals surface area (Å²) in [5, 5.41) is 6.71. The molecule has 1 aliphatic carbocycles. The Bertz CT molecular complexity index is 1190. The molecule has 0 saturated heterocycles. The van der Waals surface area contributed by atoms with Gasteiger partial charge in [0.15, 0.2) is 0 Å². The van der Waals surface area contributed by atoms with Gasteiger partial charge in [-0.25, -0.2) is 4.99 Å². The van der Waals surface area contributed by atoms with Crippen molar-refractivity contribution < 1.29 is 0 Å². The van der Waals surface area contributed by atoms with Crippen molar-refractivity contribution in [2.24, 2.45) is 10.7 Å². The maximum absolute atomic E-state index is 5.99. The molecule has 4 N–H and O–H groups in total. The van der Waals surface area contributed by atoms with Crippen molar-refractivity contribution in [3.8, 4) is 12.8 Å². The van der Waals surface area contributed by atoms with Crippen LogP contribution in [0.25, 0.3) is 0 Å². The van der Waals surface area contributed by atoms with Crippen LogP contribution in [0.5, 0.6) is 0 Å². The zero-order valence-electron chi connectivity index (χ0n) is 22.2. The summed E-state index contributed by atoms with van der Waals surface area (Å²) in [4.78, 5) is 6.66. The molecule has 0 amide bonds. The van der Waals surface area contributed by atoms with Gasteiger partial charge in [-0.1, -0.05) is 69.4 Å². The van der Waals surface area contributed by atoms with E-state index in [0.29, 0.717) is 24.6 Å². The van der Waals surface area contributed by atoms with E-state index in [2.05, 4.69) is 80.9 Å². The van der Waals surface area contributed by atoms with Crippen LogP contribution in [-0.2, 0) is 0 Å². The molecular weight excluding hydrogens is 442 g/mol. The topological polar surface area (TPSA) is 65.7 Å². The molecule has 0 aromatic carbocycles. The lowest BCUT2D eigenvalue weighted by Gasteiger charge is -2.31. The summed E-state index contributed by atoms with van der Waals surface area (Å²) in [7, 11) is 0. The van der Waals surface area contributed by atoms with E-state index >= 15 is 0 Å². The van der Waals surface area contributed by atoms with Gasteiger partial charge in [-0.05, 0) is 44.9 Å². The molecule has 0 aromatic heterocycles. The molecule has 0 saturated carbocycles. The van der Waals surface area contributed by atoms with Crippen LogP contribution in [0.3, 0.4) is 0 Å². The van der Waals surface area contributed by atoms with Crippen molar-refractivity contribution in [1.29, 1.82) is 0 Å². The number of nitrogens with one attached hydrogen (secondary N) is 2. The summed E-state index contributed by atoms with van der Waals surface area (Å²) < 4.78 is 0. The Kier molecular flexibility index (Phi) is 11.1. The van der Waals surface area contributed by atoms with Gasteiger partial charge >= 0.3 is 0 Å². The molecular formula is C31H39N5. The van der Waals surface area contributed by atoms with Crippen LogP contribution in [0, 0.1) is 12.8 Å². The Labute approximate surface area is 217 Å².